The molecule has 0 aliphatic carbocycles. The lowest BCUT2D eigenvalue weighted by Crippen LogP contribution is -2.40. The van der Waals surface area contributed by atoms with Crippen molar-refractivity contribution in [1.82, 2.24) is 0 Å². The van der Waals surface area contributed by atoms with Gasteiger partial charge in [0, 0.05) is 0 Å². The van der Waals surface area contributed by atoms with Gasteiger partial charge in [0.1, 0.15) is 5.16 Å². The summed E-state index contributed by atoms with van der Waals surface area (Å²) in [5.41, 5.74) is 0. The molecule has 5 N–H and O–H groups in total. The summed E-state index contributed by atoms with van der Waals surface area (Å²) in [6.45, 7) is 0. The zero-order valence-electron chi connectivity index (χ0n) is 8.35. The molecule has 0 spiro atoms. The number of carboxylic acids is 2. The van der Waals surface area contributed by atoms with Crippen LogP contribution in [-0.4, -0.2) is 55.8 Å². The summed E-state index contributed by atoms with van der Waals surface area (Å²) in [7, 11) is -7.76. The van der Waals surface area contributed by atoms with Gasteiger partial charge in [-0.15, -0.1) is 0 Å². The molecule has 0 aliphatic rings. The van der Waals surface area contributed by atoms with Crippen LogP contribution in [0.5, 0.6) is 0 Å². The zero-order chi connectivity index (χ0) is 13.9. The van der Waals surface area contributed by atoms with Gasteiger partial charge in [-0.1, -0.05) is 0 Å². The Hall–Kier alpha value is -0.800. The summed E-state index contributed by atoms with van der Waals surface area (Å²) < 4.78 is 29.4. The third kappa shape index (κ3) is 4.92. The molecule has 0 radical (unpaired) electrons. The van der Waals surface area contributed by atoms with Gasteiger partial charge < -0.3 is 20.0 Å². The molecular weight excluding hydrogens is 279 g/mol. The van der Waals surface area contributed by atoms with E-state index in [4.69, 9.17) is 24.6 Å². The van der Waals surface area contributed by atoms with Gasteiger partial charge in [0.2, 0.25) is 0 Å². The predicted molar refractivity (Wildman–Crippen MR) is 55.0 cm³/mol. The van der Waals surface area contributed by atoms with Gasteiger partial charge in [0.05, 0.1) is 12.2 Å². The molecular formula is C6H11O9PS. The van der Waals surface area contributed by atoms with Crippen molar-refractivity contribution < 1.29 is 42.6 Å². The van der Waals surface area contributed by atoms with Crippen LogP contribution in [0.15, 0.2) is 0 Å². The number of rotatable bonds is 7. The third-order valence-electron chi connectivity index (χ3n) is 2.00. The summed E-state index contributed by atoms with van der Waals surface area (Å²) >= 11 is 0. The van der Waals surface area contributed by atoms with Gasteiger partial charge in [-0.3, -0.25) is 14.1 Å². The molecule has 9 nitrogen and oxygen atoms in total. The van der Waals surface area contributed by atoms with E-state index in [1.165, 1.54) is 0 Å². The van der Waals surface area contributed by atoms with Crippen LogP contribution in [0.1, 0.15) is 12.8 Å². The Bertz CT molecular complexity index is 402. The topological polar surface area (TPSA) is 169 Å². The van der Waals surface area contributed by atoms with E-state index in [1.54, 1.807) is 0 Å². The van der Waals surface area contributed by atoms with Crippen molar-refractivity contribution in [1.29, 1.82) is 0 Å². The third-order valence-corrected chi connectivity index (χ3v) is 4.06. The number of hydrogen-bond donors (Lipinski definition) is 5. The molecule has 1 atom stereocenters. The van der Waals surface area contributed by atoms with E-state index >= 15 is 0 Å². The highest BCUT2D eigenvalue weighted by Gasteiger charge is 2.48. The highest BCUT2D eigenvalue weighted by molar-refractivity contribution is 7.85. The lowest BCUT2D eigenvalue weighted by Gasteiger charge is -2.27. The number of hydrogen-bond acceptors (Lipinski definition) is 6. The Balaban J connectivity index is 5.19. The molecule has 0 aromatic carbocycles. The van der Waals surface area contributed by atoms with Gasteiger partial charge in [-0.25, -0.2) is 0 Å². The second kappa shape index (κ2) is 5.69. The van der Waals surface area contributed by atoms with Crippen molar-refractivity contribution in [2.45, 2.75) is 18.0 Å². The predicted octanol–water partition coefficient (Wildman–Crippen LogP) is -1.14. The quantitative estimate of drug-likeness (QED) is 0.287. The lowest BCUT2D eigenvalue weighted by molar-refractivity contribution is -0.147. The Morgan fingerprint density at radius 3 is 1.88 bits per heavy atom. The summed E-state index contributed by atoms with van der Waals surface area (Å²) in [6.07, 6.45) is -2.07. The van der Waals surface area contributed by atoms with E-state index in [-0.39, 0.29) is 0 Å². The minimum Gasteiger partial charge on any atom is -0.481 e. The van der Waals surface area contributed by atoms with Crippen molar-refractivity contribution >= 4 is 30.4 Å². The monoisotopic (exact) mass is 290 g/mol. The second-order valence-electron chi connectivity index (χ2n) is 3.23. The van der Waals surface area contributed by atoms with E-state index in [0.29, 0.717) is 0 Å². The molecule has 0 aromatic heterocycles. The maximum Gasteiger partial charge on any atom is 0.319 e. The minimum atomic E-state index is -4.53. The Morgan fingerprint density at radius 1 is 1.18 bits per heavy atom. The van der Waals surface area contributed by atoms with Crippen LogP contribution in [-0.2, 0) is 19.7 Å². The molecule has 1 unspecified atom stereocenters. The normalized spacial score (nSPS) is 15.5. The summed E-state index contributed by atoms with van der Waals surface area (Å²) in [6, 6.07) is 0. The highest BCUT2D eigenvalue weighted by Crippen LogP contribution is 2.47. The van der Waals surface area contributed by atoms with E-state index in [2.05, 4.69) is 0 Å². The number of aliphatic carboxylic acids is 2. The zero-order valence-corrected chi connectivity index (χ0v) is 10.1. The molecule has 0 aromatic rings. The second-order valence-corrected chi connectivity index (χ2v) is 6.24. The van der Waals surface area contributed by atoms with Crippen molar-refractivity contribution in [3.63, 3.8) is 0 Å². The van der Waals surface area contributed by atoms with E-state index in [9.17, 15) is 18.0 Å². The SMILES string of the molecule is O=C(O)CC(CCS(=O)(=O)O)(C(=O)O)P(O)O. The molecule has 0 aliphatic heterocycles. The van der Waals surface area contributed by atoms with Gasteiger partial charge in [0.15, 0.2) is 8.38 Å². The molecule has 100 valence electrons. The molecule has 11 heteroatoms. The summed E-state index contributed by atoms with van der Waals surface area (Å²) in [5, 5.41) is 14.8. The van der Waals surface area contributed by atoms with Gasteiger partial charge in [0.25, 0.3) is 10.1 Å². The van der Waals surface area contributed by atoms with Crippen LogP contribution in [0, 0.1) is 0 Å². The Kier molecular flexibility index (Phi) is 5.43. The highest BCUT2D eigenvalue weighted by atomic mass is 32.2. The van der Waals surface area contributed by atoms with Gasteiger partial charge in [-0.05, 0) is 6.42 Å². The molecule has 17 heavy (non-hydrogen) atoms. The van der Waals surface area contributed by atoms with Gasteiger partial charge >= 0.3 is 11.9 Å². The average molecular weight is 290 g/mol. The van der Waals surface area contributed by atoms with Crippen LogP contribution in [0.25, 0.3) is 0 Å². The largest absolute Gasteiger partial charge is 0.481 e. The lowest BCUT2D eigenvalue weighted by atomic mass is 10.0. The van der Waals surface area contributed by atoms with Crippen molar-refractivity contribution in [2.75, 3.05) is 5.75 Å². The van der Waals surface area contributed by atoms with Crippen LogP contribution < -0.4 is 0 Å². The Morgan fingerprint density at radius 2 is 1.65 bits per heavy atom. The Labute approximate surface area is 97.4 Å². The molecule has 0 rings (SSSR count). The fourth-order valence-corrected chi connectivity index (χ4v) is 2.59. The molecule has 0 saturated heterocycles. The fourth-order valence-electron chi connectivity index (χ4n) is 1.08. The first-order chi connectivity index (χ1) is 7.51. The summed E-state index contributed by atoms with van der Waals surface area (Å²) in [5.74, 6) is -4.55. The first-order valence-corrected chi connectivity index (χ1v) is 6.95. The molecule has 0 bridgehead atoms. The maximum absolute atomic E-state index is 10.9. The van der Waals surface area contributed by atoms with Crippen molar-refractivity contribution in [3.8, 4) is 0 Å². The maximum atomic E-state index is 10.9. The smallest absolute Gasteiger partial charge is 0.319 e. The van der Waals surface area contributed by atoms with Crippen LogP contribution in [0.3, 0.4) is 0 Å². The van der Waals surface area contributed by atoms with E-state index in [1.807, 2.05) is 0 Å². The van der Waals surface area contributed by atoms with Gasteiger partial charge in [-0.2, -0.15) is 8.42 Å². The van der Waals surface area contributed by atoms with E-state index < -0.39 is 54.2 Å². The molecule has 0 amide bonds. The van der Waals surface area contributed by atoms with E-state index in [0.717, 1.165) is 0 Å². The van der Waals surface area contributed by atoms with Crippen LogP contribution in [0.2, 0.25) is 0 Å². The van der Waals surface area contributed by atoms with Crippen LogP contribution in [0.4, 0.5) is 0 Å². The molecule has 0 saturated carbocycles. The molecule has 0 fully saturated rings. The first kappa shape index (κ1) is 16.2. The van der Waals surface area contributed by atoms with Crippen molar-refractivity contribution in [2.24, 2.45) is 0 Å². The first-order valence-electron chi connectivity index (χ1n) is 4.09. The summed E-state index contributed by atoms with van der Waals surface area (Å²) in [4.78, 5) is 39.3. The minimum absolute atomic E-state index is 0.911. The van der Waals surface area contributed by atoms with Crippen LogP contribution >= 0.6 is 8.38 Å². The standard InChI is InChI=1S/C6H11O9PS/c7-4(8)3-6(5(9)10,16(11)12)1-2-17(13,14)15/h11-12H,1-3H2,(H,7,8)(H,9,10)(H,13,14,15). The number of carbonyl (C=O) groups is 2. The fraction of sp³-hybridized carbons (Fsp3) is 0.667. The number of carboxylic acid groups (broad SMARTS) is 2. The molecule has 0 heterocycles. The van der Waals surface area contributed by atoms with Crippen molar-refractivity contribution in [3.05, 3.63) is 0 Å². The average Bonchev–Trinajstić information content (AvgIpc) is 2.09.